The third-order valence-electron chi connectivity index (χ3n) is 4.75. The minimum absolute atomic E-state index is 0.0443. The fraction of sp³-hybridized carbons (Fsp3) is 0.500. The van der Waals surface area contributed by atoms with Gasteiger partial charge in [-0.2, -0.15) is 0 Å². The third-order valence-corrected chi connectivity index (χ3v) is 4.75. The molecule has 1 aliphatic heterocycles. The van der Waals surface area contributed by atoms with Gasteiger partial charge in [0.1, 0.15) is 6.10 Å². The number of oxime groups is 1. The fourth-order valence-electron chi connectivity index (χ4n) is 3.68. The molecule has 2 aromatic rings. The molecule has 2 heterocycles. The van der Waals surface area contributed by atoms with E-state index in [1.54, 1.807) is 0 Å². The SMILES string of the molecule is CCn1c(=O)n(CC2=NO[C@@H]3CCC[C@H]23)c2ccccc21. The molecule has 0 spiro atoms. The number of fused-ring (bicyclic) bond motifs is 2. The molecular weight excluding hydrogens is 266 g/mol. The van der Waals surface area contributed by atoms with Crippen LogP contribution in [0, 0.1) is 5.92 Å². The number of aryl methyl sites for hydroxylation is 1. The molecule has 21 heavy (non-hydrogen) atoms. The van der Waals surface area contributed by atoms with Crippen LogP contribution in [0.2, 0.25) is 0 Å². The number of hydrogen-bond acceptors (Lipinski definition) is 3. The summed E-state index contributed by atoms with van der Waals surface area (Å²) in [7, 11) is 0. The van der Waals surface area contributed by atoms with Gasteiger partial charge >= 0.3 is 5.69 Å². The molecule has 0 amide bonds. The van der Waals surface area contributed by atoms with Gasteiger partial charge in [-0.15, -0.1) is 0 Å². The standard InChI is InChI=1S/C16H19N3O2/c1-2-18-13-7-3-4-8-14(13)19(16(18)20)10-12-11-6-5-9-15(11)21-17-12/h3-4,7-8,11,15H,2,5-6,9-10H2,1H3/t11-,15-/m1/s1. The molecule has 1 fully saturated rings. The van der Waals surface area contributed by atoms with E-state index in [4.69, 9.17) is 4.84 Å². The van der Waals surface area contributed by atoms with Crippen molar-refractivity contribution in [3.63, 3.8) is 0 Å². The van der Waals surface area contributed by atoms with Crippen molar-refractivity contribution in [3.05, 3.63) is 34.7 Å². The van der Waals surface area contributed by atoms with Crippen molar-refractivity contribution in [3.8, 4) is 0 Å². The van der Waals surface area contributed by atoms with Crippen LogP contribution in [0.5, 0.6) is 0 Å². The van der Waals surface area contributed by atoms with Crippen molar-refractivity contribution in [2.45, 2.75) is 45.4 Å². The van der Waals surface area contributed by atoms with Crippen LogP contribution in [0.4, 0.5) is 0 Å². The van der Waals surface area contributed by atoms with Crippen molar-refractivity contribution >= 4 is 16.7 Å². The van der Waals surface area contributed by atoms with Gasteiger partial charge in [0, 0.05) is 12.5 Å². The highest BCUT2D eigenvalue weighted by molar-refractivity contribution is 5.89. The largest absolute Gasteiger partial charge is 0.392 e. The van der Waals surface area contributed by atoms with Crippen molar-refractivity contribution in [1.29, 1.82) is 0 Å². The predicted octanol–water partition coefficient (Wildman–Crippen LogP) is 2.38. The fourth-order valence-corrected chi connectivity index (χ4v) is 3.68. The Hall–Kier alpha value is -2.04. The van der Waals surface area contributed by atoms with Gasteiger partial charge in [0.05, 0.1) is 23.3 Å². The first-order valence-electron chi connectivity index (χ1n) is 7.70. The lowest BCUT2D eigenvalue weighted by Gasteiger charge is -2.09. The molecule has 1 aromatic heterocycles. The third kappa shape index (κ3) is 1.83. The molecule has 0 N–H and O–H groups in total. The maximum atomic E-state index is 12.6. The van der Waals surface area contributed by atoms with E-state index in [1.165, 1.54) is 6.42 Å². The van der Waals surface area contributed by atoms with Gasteiger partial charge in [0.25, 0.3) is 0 Å². The van der Waals surface area contributed by atoms with Crippen molar-refractivity contribution in [1.82, 2.24) is 9.13 Å². The molecule has 4 rings (SSSR count). The lowest BCUT2D eigenvalue weighted by atomic mass is 10.0. The van der Waals surface area contributed by atoms with Crippen molar-refractivity contribution < 1.29 is 4.84 Å². The highest BCUT2D eigenvalue weighted by atomic mass is 16.6. The Morgan fingerprint density at radius 2 is 2.00 bits per heavy atom. The smallest absolute Gasteiger partial charge is 0.329 e. The first-order valence-corrected chi connectivity index (χ1v) is 7.70. The first-order chi connectivity index (χ1) is 10.3. The molecule has 5 heteroatoms. The number of nitrogens with zero attached hydrogens (tertiary/aromatic N) is 3. The minimum Gasteiger partial charge on any atom is -0.392 e. The molecule has 110 valence electrons. The first kappa shape index (κ1) is 12.7. The van der Waals surface area contributed by atoms with Crippen LogP contribution in [0.1, 0.15) is 26.2 Å². The summed E-state index contributed by atoms with van der Waals surface area (Å²) >= 11 is 0. The maximum absolute atomic E-state index is 12.6. The Kier molecular flexibility index (Phi) is 2.87. The van der Waals surface area contributed by atoms with E-state index in [1.807, 2.05) is 40.3 Å². The quantitative estimate of drug-likeness (QED) is 0.869. The van der Waals surface area contributed by atoms with Crippen LogP contribution in [0.25, 0.3) is 11.0 Å². The summed E-state index contributed by atoms with van der Waals surface area (Å²) in [6.45, 7) is 3.23. The second kappa shape index (κ2) is 4.76. The number of aromatic nitrogens is 2. The topological polar surface area (TPSA) is 48.5 Å². The molecule has 0 bridgehead atoms. The molecule has 0 radical (unpaired) electrons. The highest BCUT2D eigenvalue weighted by Crippen LogP contribution is 2.34. The summed E-state index contributed by atoms with van der Waals surface area (Å²) in [5, 5.41) is 4.25. The van der Waals surface area contributed by atoms with Crippen LogP contribution < -0.4 is 5.69 Å². The van der Waals surface area contributed by atoms with Gasteiger partial charge in [-0.3, -0.25) is 9.13 Å². The maximum Gasteiger partial charge on any atom is 0.329 e. The van der Waals surface area contributed by atoms with E-state index < -0.39 is 0 Å². The zero-order chi connectivity index (χ0) is 14.4. The molecule has 2 aliphatic rings. The highest BCUT2D eigenvalue weighted by Gasteiger charge is 2.38. The molecule has 1 aromatic carbocycles. The van der Waals surface area contributed by atoms with Gasteiger partial charge in [-0.05, 0) is 38.3 Å². The number of rotatable bonds is 3. The number of benzene rings is 1. The molecule has 1 aliphatic carbocycles. The minimum atomic E-state index is 0.0443. The Morgan fingerprint density at radius 3 is 2.76 bits per heavy atom. The average molecular weight is 285 g/mol. The van der Waals surface area contributed by atoms with Gasteiger partial charge in [0.2, 0.25) is 0 Å². The summed E-state index contributed by atoms with van der Waals surface area (Å²) in [6.07, 6.45) is 3.66. The summed E-state index contributed by atoms with van der Waals surface area (Å²) in [5.74, 6) is 0.403. The van der Waals surface area contributed by atoms with Gasteiger partial charge in [-0.25, -0.2) is 4.79 Å². The zero-order valence-electron chi connectivity index (χ0n) is 12.2. The van der Waals surface area contributed by atoms with E-state index in [2.05, 4.69) is 5.16 Å². The van der Waals surface area contributed by atoms with Crippen LogP contribution >= 0.6 is 0 Å². The number of hydrogen-bond donors (Lipinski definition) is 0. The molecular formula is C16H19N3O2. The molecule has 1 saturated carbocycles. The van der Waals surface area contributed by atoms with E-state index in [-0.39, 0.29) is 11.8 Å². The van der Waals surface area contributed by atoms with E-state index in [0.717, 1.165) is 29.6 Å². The second-order valence-corrected chi connectivity index (χ2v) is 5.87. The Balaban J connectivity index is 1.77. The molecule has 5 nitrogen and oxygen atoms in total. The van der Waals surface area contributed by atoms with E-state index in [9.17, 15) is 4.79 Å². The second-order valence-electron chi connectivity index (χ2n) is 5.87. The summed E-state index contributed by atoms with van der Waals surface area (Å²) in [4.78, 5) is 18.1. The average Bonchev–Trinajstić information content (AvgIpc) is 3.16. The lowest BCUT2D eigenvalue weighted by molar-refractivity contribution is 0.0746. The number of imidazole rings is 1. The van der Waals surface area contributed by atoms with Gasteiger partial charge < -0.3 is 4.84 Å². The van der Waals surface area contributed by atoms with Crippen LogP contribution in [0.15, 0.2) is 34.2 Å². The Labute approximate surface area is 122 Å². The molecule has 0 unspecified atom stereocenters. The summed E-state index contributed by atoms with van der Waals surface area (Å²) in [6, 6.07) is 7.96. The van der Waals surface area contributed by atoms with Gasteiger partial charge in [0.15, 0.2) is 0 Å². The monoisotopic (exact) mass is 285 g/mol. The Bertz CT molecular complexity index is 771. The van der Waals surface area contributed by atoms with E-state index in [0.29, 0.717) is 19.0 Å². The summed E-state index contributed by atoms with van der Waals surface area (Å²) < 4.78 is 3.65. The van der Waals surface area contributed by atoms with Crippen LogP contribution in [0.3, 0.4) is 0 Å². The zero-order valence-corrected chi connectivity index (χ0v) is 12.2. The van der Waals surface area contributed by atoms with Crippen LogP contribution in [-0.2, 0) is 17.9 Å². The Morgan fingerprint density at radius 1 is 1.24 bits per heavy atom. The van der Waals surface area contributed by atoms with Crippen molar-refractivity contribution in [2.75, 3.05) is 0 Å². The van der Waals surface area contributed by atoms with Gasteiger partial charge in [-0.1, -0.05) is 17.3 Å². The predicted molar refractivity (Wildman–Crippen MR) is 81.5 cm³/mol. The van der Waals surface area contributed by atoms with E-state index >= 15 is 0 Å². The molecule has 0 saturated heterocycles. The lowest BCUT2D eigenvalue weighted by Crippen LogP contribution is -2.29. The molecule has 2 atom stereocenters. The van der Waals surface area contributed by atoms with Crippen molar-refractivity contribution in [2.24, 2.45) is 11.1 Å². The van der Waals surface area contributed by atoms with Crippen LogP contribution in [-0.4, -0.2) is 20.9 Å². The normalized spacial score (nSPS) is 24.1. The number of para-hydroxylation sites is 2. The summed E-state index contributed by atoms with van der Waals surface area (Å²) in [5.41, 5.74) is 3.04.